The topological polar surface area (TPSA) is 76.6 Å². The molecule has 1 atom stereocenters. The molecular weight excluding hydrogens is 415 g/mol. The Balaban J connectivity index is 1.38. The van der Waals surface area contributed by atoms with Crippen molar-refractivity contribution >= 4 is 12.2 Å². The monoisotopic (exact) mass is 456 g/mol. The highest BCUT2D eigenvalue weighted by Crippen LogP contribution is 2.30. The van der Waals surface area contributed by atoms with E-state index in [0.717, 1.165) is 39.0 Å². The molecule has 8 nitrogen and oxygen atoms in total. The second kappa shape index (κ2) is 10.1. The lowest BCUT2D eigenvalue weighted by Gasteiger charge is -2.43. The van der Waals surface area contributed by atoms with Gasteiger partial charge in [0.05, 0.1) is 0 Å². The number of carboxylic acid groups (broad SMARTS) is 1. The van der Waals surface area contributed by atoms with E-state index in [4.69, 9.17) is 4.74 Å². The average Bonchev–Trinajstić information content (AvgIpc) is 2.70. The SMILES string of the molecule is C[C@H]1CN(C(=O)O)CCN1CC1CCN(CC2(F)CCN(C(=O)OC(C)(C)C)CC2)CC1. The van der Waals surface area contributed by atoms with E-state index in [0.29, 0.717) is 51.5 Å². The minimum atomic E-state index is -1.24. The molecule has 32 heavy (non-hydrogen) atoms. The maximum atomic E-state index is 15.5. The molecule has 2 amide bonds. The van der Waals surface area contributed by atoms with E-state index >= 15 is 4.39 Å². The maximum absolute atomic E-state index is 15.5. The molecule has 0 aromatic carbocycles. The van der Waals surface area contributed by atoms with Crippen LogP contribution in [-0.2, 0) is 4.74 Å². The van der Waals surface area contributed by atoms with Gasteiger partial charge in [-0.2, -0.15) is 0 Å². The maximum Gasteiger partial charge on any atom is 0.410 e. The van der Waals surface area contributed by atoms with Crippen LogP contribution >= 0.6 is 0 Å². The molecule has 3 rings (SSSR count). The summed E-state index contributed by atoms with van der Waals surface area (Å²) >= 11 is 0. The first-order valence-corrected chi connectivity index (χ1v) is 12.1. The van der Waals surface area contributed by atoms with Gasteiger partial charge in [0.1, 0.15) is 11.3 Å². The molecule has 3 heterocycles. The summed E-state index contributed by atoms with van der Waals surface area (Å²) in [6.07, 6.45) is 1.63. The number of rotatable bonds is 4. The Morgan fingerprint density at radius 3 is 2.19 bits per heavy atom. The summed E-state index contributed by atoms with van der Waals surface area (Å²) in [5.74, 6) is 0.578. The van der Waals surface area contributed by atoms with E-state index < -0.39 is 17.4 Å². The van der Waals surface area contributed by atoms with E-state index in [1.165, 1.54) is 4.90 Å². The number of halogens is 1. The lowest BCUT2D eigenvalue weighted by molar-refractivity contribution is -0.0108. The predicted molar refractivity (Wildman–Crippen MR) is 121 cm³/mol. The predicted octanol–water partition coefficient (Wildman–Crippen LogP) is 3.12. The van der Waals surface area contributed by atoms with Crippen molar-refractivity contribution in [2.75, 3.05) is 58.9 Å². The van der Waals surface area contributed by atoms with Crippen LogP contribution in [0.2, 0.25) is 0 Å². The lowest BCUT2D eigenvalue weighted by atomic mass is 9.90. The lowest BCUT2D eigenvalue weighted by Crippen LogP contribution is -2.55. The third-order valence-corrected chi connectivity index (χ3v) is 7.05. The van der Waals surface area contributed by atoms with Crippen molar-refractivity contribution in [3.05, 3.63) is 0 Å². The van der Waals surface area contributed by atoms with Crippen LogP contribution in [0.4, 0.5) is 14.0 Å². The van der Waals surface area contributed by atoms with Gasteiger partial charge in [-0.1, -0.05) is 0 Å². The van der Waals surface area contributed by atoms with Crippen LogP contribution < -0.4 is 0 Å². The minimum Gasteiger partial charge on any atom is -0.465 e. The number of carbonyl (C=O) groups is 2. The van der Waals surface area contributed by atoms with Crippen molar-refractivity contribution in [1.82, 2.24) is 19.6 Å². The zero-order valence-electron chi connectivity index (χ0n) is 20.2. The third kappa shape index (κ3) is 6.94. The molecule has 184 valence electrons. The summed E-state index contributed by atoms with van der Waals surface area (Å²) in [6, 6.07) is 0.238. The van der Waals surface area contributed by atoms with Crippen LogP contribution in [0.15, 0.2) is 0 Å². The molecule has 1 N–H and O–H groups in total. The van der Waals surface area contributed by atoms with Crippen molar-refractivity contribution < 1.29 is 23.8 Å². The number of amides is 2. The van der Waals surface area contributed by atoms with E-state index in [9.17, 15) is 14.7 Å². The summed E-state index contributed by atoms with van der Waals surface area (Å²) in [4.78, 5) is 31.2. The smallest absolute Gasteiger partial charge is 0.410 e. The number of piperazine rings is 1. The molecule has 0 radical (unpaired) electrons. The standard InChI is InChI=1S/C23H41FN4O4/c1-18-15-28(20(29)30)14-13-27(18)16-19-5-9-25(10-6-19)17-23(24)7-11-26(12-8-23)21(31)32-22(2,3)4/h18-19H,5-17H2,1-4H3,(H,29,30)/t18-/m0/s1. The van der Waals surface area contributed by atoms with Gasteiger partial charge in [-0.25, -0.2) is 14.0 Å². The van der Waals surface area contributed by atoms with E-state index in [-0.39, 0.29) is 12.1 Å². The Morgan fingerprint density at radius 1 is 1.03 bits per heavy atom. The third-order valence-electron chi connectivity index (χ3n) is 7.05. The van der Waals surface area contributed by atoms with Crippen LogP contribution in [0, 0.1) is 5.92 Å². The normalized spacial score (nSPS) is 26.2. The number of hydrogen-bond donors (Lipinski definition) is 1. The van der Waals surface area contributed by atoms with E-state index in [1.54, 1.807) is 4.90 Å². The van der Waals surface area contributed by atoms with Gasteiger partial charge in [0.15, 0.2) is 0 Å². The molecular formula is C23H41FN4O4. The first-order chi connectivity index (χ1) is 14.9. The molecule has 0 spiro atoms. The molecule has 3 saturated heterocycles. The van der Waals surface area contributed by atoms with Gasteiger partial charge >= 0.3 is 12.2 Å². The van der Waals surface area contributed by atoms with E-state index in [1.807, 2.05) is 20.8 Å². The first-order valence-electron chi connectivity index (χ1n) is 12.1. The summed E-state index contributed by atoms with van der Waals surface area (Å²) in [5.41, 5.74) is -1.78. The number of ether oxygens (including phenoxy) is 1. The molecule has 3 fully saturated rings. The Hall–Kier alpha value is -1.61. The largest absolute Gasteiger partial charge is 0.465 e. The highest BCUT2D eigenvalue weighted by molar-refractivity contribution is 5.68. The van der Waals surface area contributed by atoms with Crippen molar-refractivity contribution in [2.45, 2.75) is 70.7 Å². The zero-order valence-corrected chi connectivity index (χ0v) is 20.2. The van der Waals surface area contributed by atoms with Crippen LogP contribution in [0.5, 0.6) is 0 Å². The molecule has 0 unspecified atom stereocenters. The van der Waals surface area contributed by atoms with Gasteiger partial charge < -0.3 is 24.5 Å². The van der Waals surface area contributed by atoms with E-state index in [2.05, 4.69) is 16.7 Å². The second-order valence-corrected chi connectivity index (χ2v) is 10.9. The molecule has 9 heteroatoms. The molecule has 0 aromatic rings. The molecule has 0 saturated carbocycles. The fraction of sp³-hybridized carbons (Fsp3) is 0.913. The minimum absolute atomic E-state index is 0.238. The molecule has 0 aromatic heterocycles. The van der Waals surface area contributed by atoms with Crippen LogP contribution in [0.3, 0.4) is 0 Å². The van der Waals surface area contributed by atoms with Crippen LogP contribution in [0.1, 0.15) is 53.4 Å². The fourth-order valence-electron chi connectivity index (χ4n) is 5.07. The first kappa shape index (κ1) is 25.0. The van der Waals surface area contributed by atoms with Crippen LogP contribution in [-0.4, -0.2) is 113 Å². The average molecular weight is 457 g/mol. The fourth-order valence-corrected chi connectivity index (χ4v) is 5.07. The molecule has 0 bridgehead atoms. The zero-order chi connectivity index (χ0) is 23.5. The van der Waals surface area contributed by atoms with Crippen molar-refractivity contribution in [1.29, 1.82) is 0 Å². The second-order valence-electron chi connectivity index (χ2n) is 10.9. The summed E-state index contributed by atoms with van der Waals surface area (Å²) in [5, 5.41) is 9.18. The van der Waals surface area contributed by atoms with Gasteiger partial charge in [-0.3, -0.25) is 4.90 Å². The number of likely N-dealkylation sites (tertiary alicyclic amines) is 2. The van der Waals surface area contributed by atoms with Crippen molar-refractivity contribution in [2.24, 2.45) is 5.92 Å². The highest BCUT2D eigenvalue weighted by atomic mass is 19.1. The Labute approximate surface area is 191 Å². The number of piperidine rings is 2. The number of hydrogen-bond acceptors (Lipinski definition) is 5. The number of alkyl halides is 1. The van der Waals surface area contributed by atoms with Gasteiger partial charge in [-0.05, 0) is 59.5 Å². The summed E-state index contributed by atoms with van der Waals surface area (Å²) < 4.78 is 20.9. The van der Waals surface area contributed by atoms with Gasteiger partial charge in [-0.15, -0.1) is 0 Å². The Morgan fingerprint density at radius 2 is 1.66 bits per heavy atom. The Bertz CT molecular complexity index is 655. The number of carbonyl (C=O) groups excluding carboxylic acids is 1. The van der Waals surface area contributed by atoms with Crippen molar-refractivity contribution in [3.63, 3.8) is 0 Å². The van der Waals surface area contributed by atoms with Crippen molar-refractivity contribution in [3.8, 4) is 0 Å². The molecule has 3 aliphatic heterocycles. The Kier molecular flexibility index (Phi) is 7.91. The highest BCUT2D eigenvalue weighted by Gasteiger charge is 2.39. The number of nitrogens with zero attached hydrogens (tertiary/aromatic N) is 4. The summed E-state index contributed by atoms with van der Waals surface area (Å²) in [6.45, 7) is 13.6. The van der Waals surface area contributed by atoms with Gasteiger partial charge in [0, 0.05) is 64.7 Å². The summed E-state index contributed by atoms with van der Waals surface area (Å²) in [7, 11) is 0. The molecule has 3 aliphatic rings. The molecule has 0 aliphatic carbocycles. The van der Waals surface area contributed by atoms with Crippen LogP contribution in [0.25, 0.3) is 0 Å². The van der Waals surface area contributed by atoms with Gasteiger partial charge in [0.25, 0.3) is 0 Å². The quantitative estimate of drug-likeness (QED) is 0.701. The van der Waals surface area contributed by atoms with Gasteiger partial charge in [0.2, 0.25) is 0 Å².